The number of amides is 2. The summed E-state index contributed by atoms with van der Waals surface area (Å²) in [5, 5.41) is 13.8. The number of carbonyl (C=O) groups excluding carboxylic acids is 2. The zero-order valence-corrected chi connectivity index (χ0v) is 14.0. The minimum atomic E-state index is -0.600. The highest BCUT2D eigenvalue weighted by atomic mass is 16.6. The summed E-state index contributed by atoms with van der Waals surface area (Å²) in [7, 11) is 1.54. The first kappa shape index (κ1) is 17.4. The van der Waals surface area contributed by atoms with Crippen LogP contribution in [0.3, 0.4) is 0 Å². The lowest BCUT2D eigenvalue weighted by Gasteiger charge is -2.18. The maximum absolute atomic E-state index is 12.4. The quantitative estimate of drug-likeness (QED) is 0.654. The zero-order chi connectivity index (χ0) is 18.7. The molecular formula is C18H17N3O5. The highest BCUT2D eigenvalue weighted by Gasteiger charge is 2.33. The molecule has 1 saturated heterocycles. The van der Waals surface area contributed by atoms with E-state index in [2.05, 4.69) is 5.32 Å². The summed E-state index contributed by atoms with van der Waals surface area (Å²) in [4.78, 5) is 36.7. The Kier molecular flexibility index (Phi) is 4.83. The van der Waals surface area contributed by atoms with E-state index in [1.54, 1.807) is 42.3 Å². The molecule has 26 heavy (non-hydrogen) atoms. The Morgan fingerprint density at radius 2 is 2.04 bits per heavy atom. The van der Waals surface area contributed by atoms with Crippen molar-refractivity contribution >= 4 is 23.2 Å². The summed E-state index contributed by atoms with van der Waals surface area (Å²) in [6.45, 7) is 0.290. The molecule has 2 amide bonds. The van der Waals surface area contributed by atoms with Crippen LogP contribution in [-0.2, 0) is 4.79 Å². The topological polar surface area (TPSA) is 102 Å². The molecule has 134 valence electrons. The zero-order valence-electron chi connectivity index (χ0n) is 14.0. The van der Waals surface area contributed by atoms with Gasteiger partial charge < -0.3 is 15.0 Å². The fraction of sp³-hybridized carbons (Fsp3) is 0.222. The molecule has 1 fully saturated rings. The van der Waals surface area contributed by atoms with Gasteiger partial charge in [0.1, 0.15) is 11.3 Å². The maximum atomic E-state index is 12.4. The van der Waals surface area contributed by atoms with Gasteiger partial charge in [-0.2, -0.15) is 0 Å². The molecule has 1 atom stereocenters. The number of hydrogen-bond donors (Lipinski definition) is 1. The maximum Gasteiger partial charge on any atom is 0.282 e. The van der Waals surface area contributed by atoms with Crippen molar-refractivity contribution in [3.63, 3.8) is 0 Å². The molecule has 0 spiro atoms. The lowest BCUT2D eigenvalue weighted by atomic mass is 10.1. The van der Waals surface area contributed by atoms with Crippen molar-refractivity contribution < 1.29 is 19.2 Å². The van der Waals surface area contributed by atoms with Gasteiger partial charge >= 0.3 is 0 Å². The number of carbonyl (C=O) groups is 2. The van der Waals surface area contributed by atoms with Gasteiger partial charge in [-0.25, -0.2) is 0 Å². The Bertz CT molecular complexity index is 867. The third kappa shape index (κ3) is 3.49. The van der Waals surface area contributed by atoms with Gasteiger partial charge in [-0.3, -0.25) is 19.7 Å². The molecule has 8 nitrogen and oxygen atoms in total. The number of hydrogen-bond acceptors (Lipinski definition) is 5. The van der Waals surface area contributed by atoms with E-state index in [0.717, 1.165) is 0 Å². The second-order valence-electron chi connectivity index (χ2n) is 5.85. The van der Waals surface area contributed by atoms with Gasteiger partial charge in [0.25, 0.3) is 11.6 Å². The Morgan fingerprint density at radius 1 is 1.27 bits per heavy atom. The van der Waals surface area contributed by atoms with Crippen molar-refractivity contribution in [3.05, 3.63) is 64.2 Å². The van der Waals surface area contributed by atoms with E-state index in [-0.39, 0.29) is 23.6 Å². The van der Waals surface area contributed by atoms with E-state index < -0.39 is 16.9 Å². The van der Waals surface area contributed by atoms with Gasteiger partial charge in [-0.15, -0.1) is 0 Å². The predicted octanol–water partition coefficient (Wildman–Crippen LogP) is 2.14. The van der Waals surface area contributed by atoms with Gasteiger partial charge in [0, 0.05) is 30.8 Å². The Hall–Kier alpha value is -3.42. The monoisotopic (exact) mass is 355 g/mol. The molecule has 0 saturated carbocycles. The molecule has 0 aliphatic carbocycles. The fourth-order valence-corrected chi connectivity index (χ4v) is 2.92. The summed E-state index contributed by atoms with van der Waals surface area (Å²) in [5.74, 6) is -0.0728. The van der Waals surface area contributed by atoms with Crippen molar-refractivity contribution in [1.29, 1.82) is 0 Å². The van der Waals surface area contributed by atoms with Crippen LogP contribution in [-0.4, -0.2) is 36.4 Å². The number of benzene rings is 2. The summed E-state index contributed by atoms with van der Waals surface area (Å²) in [6.07, 6.45) is 0.129. The molecule has 8 heteroatoms. The largest absolute Gasteiger partial charge is 0.497 e. The molecule has 0 aromatic heterocycles. The first-order chi connectivity index (χ1) is 12.5. The smallest absolute Gasteiger partial charge is 0.282 e. The van der Waals surface area contributed by atoms with Crippen molar-refractivity contribution in [2.75, 3.05) is 18.6 Å². The predicted molar refractivity (Wildman–Crippen MR) is 94.3 cm³/mol. The molecule has 1 aliphatic rings. The number of rotatable bonds is 5. The summed E-state index contributed by atoms with van der Waals surface area (Å²) in [5.41, 5.74) is 0.389. The minimum Gasteiger partial charge on any atom is -0.497 e. The number of para-hydroxylation sites is 1. The van der Waals surface area contributed by atoms with Crippen LogP contribution in [0.4, 0.5) is 11.4 Å². The first-order valence-corrected chi connectivity index (χ1v) is 7.98. The molecule has 1 N–H and O–H groups in total. The van der Waals surface area contributed by atoms with Crippen molar-refractivity contribution in [1.82, 2.24) is 5.32 Å². The second kappa shape index (κ2) is 7.22. The molecule has 3 rings (SSSR count). The number of anilines is 1. The van der Waals surface area contributed by atoms with Crippen LogP contribution in [0.1, 0.15) is 16.8 Å². The molecular weight excluding hydrogens is 338 g/mol. The van der Waals surface area contributed by atoms with Crippen molar-refractivity contribution in [3.8, 4) is 5.75 Å². The minimum absolute atomic E-state index is 0.0234. The highest BCUT2D eigenvalue weighted by molar-refractivity contribution is 6.00. The SMILES string of the molecule is COc1cccc(N2CC(NC(=O)c3ccccc3[N+](=O)[O-])CC2=O)c1. The number of nitrogens with zero attached hydrogens (tertiary/aromatic N) is 2. The third-order valence-corrected chi connectivity index (χ3v) is 4.17. The first-order valence-electron chi connectivity index (χ1n) is 7.98. The molecule has 0 bridgehead atoms. The average Bonchev–Trinajstić information content (AvgIpc) is 3.01. The van der Waals surface area contributed by atoms with Crippen LogP contribution in [0, 0.1) is 10.1 Å². The van der Waals surface area contributed by atoms with Crippen molar-refractivity contribution in [2.45, 2.75) is 12.5 Å². The van der Waals surface area contributed by atoms with Crippen LogP contribution < -0.4 is 15.0 Å². The number of nitro benzene ring substituents is 1. The number of methoxy groups -OCH3 is 1. The van der Waals surface area contributed by atoms with E-state index in [9.17, 15) is 19.7 Å². The molecule has 1 aliphatic heterocycles. The molecule has 0 radical (unpaired) electrons. The van der Waals surface area contributed by atoms with Crippen LogP contribution >= 0.6 is 0 Å². The van der Waals surface area contributed by atoms with Gasteiger partial charge in [0.05, 0.1) is 18.1 Å². The van der Waals surface area contributed by atoms with E-state index in [0.29, 0.717) is 18.0 Å². The third-order valence-electron chi connectivity index (χ3n) is 4.17. The Morgan fingerprint density at radius 3 is 2.77 bits per heavy atom. The summed E-state index contributed by atoms with van der Waals surface area (Å²) >= 11 is 0. The number of nitro groups is 1. The van der Waals surface area contributed by atoms with E-state index in [1.165, 1.54) is 18.2 Å². The number of nitrogens with one attached hydrogen (secondary N) is 1. The summed E-state index contributed by atoms with van der Waals surface area (Å²) in [6, 6.07) is 12.4. The van der Waals surface area contributed by atoms with E-state index in [1.807, 2.05) is 0 Å². The Balaban J connectivity index is 1.73. The van der Waals surface area contributed by atoms with Gasteiger partial charge in [-0.05, 0) is 18.2 Å². The van der Waals surface area contributed by atoms with Gasteiger partial charge in [0.2, 0.25) is 5.91 Å². The Labute approximate surface area is 149 Å². The molecule has 1 heterocycles. The molecule has 2 aromatic rings. The van der Waals surface area contributed by atoms with Gasteiger partial charge in [-0.1, -0.05) is 18.2 Å². The van der Waals surface area contributed by atoms with Crippen LogP contribution in [0.2, 0.25) is 0 Å². The molecule has 1 unspecified atom stereocenters. The standard InChI is InChI=1S/C18H17N3O5/c1-26-14-6-4-5-13(10-14)20-11-12(9-17(20)22)19-18(23)15-7-2-3-8-16(15)21(24)25/h2-8,10,12H,9,11H2,1H3,(H,19,23). The van der Waals surface area contributed by atoms with Crippen LogP contribution in [0.25, 0.3) is 0 Å². The van der Waals surface area contributed by atoms with Crippen molar-refractivity contribution in [2.24, 2.45) is 0 Å². The van der Waals surface area contributed by atoms with E-state index in [4.69, 9.17) is 4.74 Å². The second-order valence-corrected chi connectivity index (χ2v) is 5.85. The average molecular weight is 355 g/mol. The van der Waals surface area contributed by atoms with E-state index >= 15 is 0 Å². The normalized spacial score (nSPS) is 16.4. The highest BCUT2D eigenvalue weighted by Crippen LogP contribution is 2.26. The molecule has 2 aromatic carbocycles. The number of ether oxygens (including phenoxy) is 1. The van der Waals surface area contributed by atoms with Crippen LogP contribution in [0.15, 0.2) is 48.5 Å². The summed E-state index contributed by atoms with van der Waals surface area (Å²) < 4.78 is 5.16. The lowest BCUT2D eigenvalue weighted by Crippen LogP contribution is -2.37. The van der Waals surface area contributed by atoms with Crippen LogP contribution in [0.5, 0.6) is 5.75 Å². The fourth-order valence-electron chi connectivity index (χ4n) is 2.92. The lowest BCUT2D eigenvalue weighted by molar-refractivity contribution is -0.385. The van der Waals surface area contributed by atoms with Gasteiger partial charge in [0.15, 0.2) is 0 Å².